The molecular formula is C10H10O2. The SMILES string of the molecule is C#CCCc1cc(O)ccc1O. The van der Waals surface area contributed by atoms with E-state index in [0.717, 1.165) is 0 Å². The lowest BCUT2D eigenvalue weighted by Crippen LogP contribution is -1.84. The Morgan fingerprint density at radius 2 is 2.08 bits per heavy atom. The van der Waals surface area contributed by atoms with Crippen molar-refractivity contribution in [3.63, 3.8) is 0 Å². The number of aryl methyl sites for hydroxylation is 1. The van der Waals surface area contributed by atoms with E-state index in [1.807, 2.05) is 0 Å². The van der Waals surface area contributed by atoms with E-state index in [4.69, 9.17) is 11.5 Å². The molecule has 1 aromatic rings. The smallest absolute Gasteiger partial charge is 0.119 e. The van der Waals surface area contributed by atoms with Crippen LogP contribution in [0.4, 0.5) is 0 Å². The molecule has 0 saturated carbocycles. The predicted molar refractivity (Wildman–Crippen MR) is 46.9 cm³/mol. The van der Waals surface area contributed by atoms with Crippen LogP contribution in [-0.4, -0.2) is 10.2 Å². The molecule has 0 aliphatic rings. The van der Waals surface area contributed by atoms with E-state index in [-0.39, 0.29) is 11.5 Å². The number of hydrogen-bond acceptors (Lipinski definition) is 2. The van der Waals surface area contributed by atoms with Crippen molar-refractivity contribution < 1.29 is 10.2 Å². The van der Waals surface area contributed by atoms with Crippen LogP contribution in [0.3, 0.4) is 0 Å². The van der Waals surface area contributed by atoms with Crippen molar-refractivity contribution in [3.8, 4) is 23.8 Å². The van der Waals surface area contributed by atoms with E-state index in [1.54, 1.807) is 0 Å². The molecule has 2 heteroatoms. The van der Waals surface area contributed by atoms with E-state index in [9.17, 15) is 5.11 Å². The van der Waals surface area contributed by atoms with Gasteiger partial charge in [0.15, 0.2) is 0 Å². The number of benzene rings is 1. The molecule has 1 aromatic carbocycles. The second kappa shape index (κ2) is 3.68. The fourth-order valence-corrected chi connectivity index (χ4v) is 0.979. The first kappa shape index (κ1) is 8.48. The third kappa shape index (κ3) is 1.93. The Bertz CT molecular complexity index is 310. The minimum Gasteiger partial charge on any atom is -0.508 e. The number of phenols is 2. The minimum absolute atomic E-state index is 0.153. The van der Waals surface area contributed by atoms with Crippen molar-refractivity contribution in [2.24, 2.45) is 0 Å². The third-order valence-electron chi connectivity index (χ3n) is 1.60. The number of phenolic OH excluding ortho intramolecular Hbond substituents is 2. The first-order valence-electron chi connectivity index (χ1n) is 3.68. The van der Waals surface area contributed by atoms with Crippen molar-refractivity contribution in [1.29, 1.82) is 0 Å². The van der Waals surface area contributed by atoms with E-state index in [0.29, 0.717) is 18.4 Å². The van der Waals surface area contributed by atoms with E-state index >= 15 is 0 Å². The number of hydrogen-bond donors (Lipinski definition) is 2. The van der Waals surface area contributed by atoms with Crippen molar-refractivity contribution >= 4 is 0 Å². The standard InChI is InChI=1S/C10H10O2/c1-2-3-4-8-7-9(11)5-6-10(8)12/h1,5-7,11-12H,3-4H2. The Morgan fingerprint density at radius 3 is 2.75 bits per heavy atom. The van der Waals surface area contributed by atoms with Gasteiger partial charge >= 0.3 is 0 Å². The first-order chi connectivity index (χ1) is 5.74. The zero-order valence-electron chi connectivity index (χ0n) is 6.62. The summed E-state index contributed by atoms with van der Waals surface area (Å²) in [5, 5.41) is 18.4. The molecule has 0 unspecified atom stereocenters. The summed E-state index contributed by atoms with van der Waals surface area (Å²) in [6, 6.07) is 4.42. The van der Waals surface area contributed by atoms with Gasteiger partial charge in [-0.15, -0.1) is 12.3 Å². The molecular weight excluding hydrogens is 152 g/mol. The van der Waals surface area contributed by atoms with Gasteiger partial charge in [0, 0.05) is 6.42 Å². The fourth-order valence-electron chi connectivity index (χ4n) is 0.979. The second-order valence-electron chi connectivity index (χ2n) is 2.52. The molecule has 2 nitrogen and oxygen atoms in total. The monoisotopic (exact) mass is 162 g/mol. The molecule has 2 N–H and O–H groups in total. The predicted octanol–water partition coefficient (Wildman–Crippen LogP) is 1.66. The average Bonchev–Trinajstić information content (AvgIpc) is 2.07. The summed E-state index contributed by atoms with van der Waals surface area (Å²) in [6.07, 6.45) is 6.23. The second-order valence-corrected chi connectivity index (χ2v) is 2.52. The van der Waals surface area contributed by atoms with Gasteiger partial charge in [-0.25, -0.2) is 0 Å². The Morgan fingerprint density at radius 1 is 1.33 bits per heavy atom. The summed E-state index contributed by atoms with van der Waals surface area (Å²) in [4.78, 5) is 0. The number of terminal acetylenes is 1. The van der Waals surface area contributed by atoms with Gasteiger partial charge < -0.3 is 10.2 Å². The fraction of sp³-hybridized carbons (Fsp3) is 0.200. The maximum Gasteiger partial charge on any atom is 0.119 e. The Hall–Kier alpha value is -1.62. The van der Waals surface area contributed by atoms with Gasteiger partial charge in [0.1, 0.15) is 11.5 Å². The van der Waals surface area contributed by atoms with Gasteiger partial charge in [-0.3, -0.25) is 0 Å². The Kier molecular flexibility index (Phi) is 2.60. The zero-order chi connectivity index (χ0) is 8.97. The van der Waals surface area contributed by atoms with Gasteiger partial charge in [-0.2, -0.15) is 0 Å². The molecule has 0 atom stereocenters. The molecule has 1 rings (SSSR count). The molecule has 0 radical (unpaired) electrons. The summed E-state index contributed by atoms with van der Waals surface area (Å²) in [5.74, 6) is 2.81. The molecule has 0 aliphatic heterocycles. The first-order valence-corrected chi connectivity index (χ1v) is 3.68. The minimum atomic E-state index is 0.153. The lowest BCUT2D eigenvalue weighted by atomic mass is 10.1. The quantitative estimate of drug-likeness (QED) is 0.513. The van der Waals surface area contributed by atoms with Crippen molar-refractivity contribution in [2.45, 2.75) is 12.8 Å². The molecule has 0 aromatic heterocycles. The highest BCUT2D eigenvalue weighted by atomic mass is 16.3. The van der Waals surface area contributed by atoms with Crippen molar-refractivity contribution in [3.05, 3.63) is 23.8 Å². The third-order valence-corrected chi connectivity index (χ3v) is 1.60. The van der Waals surface area contributed by atoms with Gasteiger partial charge in [0.25, 0.3) is 0 Å². The number of rotatable bonds is 2. The lowest BCUT2D eigenvalue weighted by molar-refractivity contribution is 0.454. The van der Waals surface area contributed by atoms with Gasteiger partial charge in [0.2, 0.25) is 0 Å². The van der Waals surface area contributed by atoms with Crippen LogP contribution < -0.4 is 0 Å². The maximum atomic E-state index is 9.28. The Balaban J connectivity index is 2.84. The summed E-state index contributed by atoms with van der Waals surface area (Å²) < 4.78 is 0. The molecule has 0 saturated heterocycles. The maximum absolute atomic E-state index is 9.28. The van der Waals surface area contributed by atoms with Crippen LogP contribution in [0.15, 0.2) is 18.2 Å². The Labute approximate surface area is 71.5 Å². The molecule has 0 fully saturated rings. The van der Waals surface area contributed by atoms with Crippen LogP contribution in [0.5, 0.6) is 11.5 Å². The van der Waals surface area contributed by atoms with Crippen LogP contribution in [-0.2, 0) is 6.42 Å². The van der Waals surface area contributed by atoms with E-state index < -0.39 is 0 Å². The van der Waals surface area contributed by atoms with E-state index in [1.165, 1.54) is 18.2 Å². The van der Waals surface area contributed by atoms with E-state index in [2.05, 4.69) is 5.92 Å². The lowest BCUT2D eigenvalue weighted by Gasteiger charge is -2.01. The molecule has 12 heavy (non-hydrogen) atoms. The number of aromatic hydroxyl groups is 2. The van der Waals surface area contributed by atoms with Crippen LogP contribution in [0, 0.1) is 12.3 Å². The zero-order valence-corrected chi connectivity index (χ0v) is 6.62. The average molecular weight is 162 g/mol. The molecule has 0 aliphatic carbocycles. The molecule has 0 spiro atoms. The topological polar surface area (TPSA) is 40.5 Å². The molecule has 0 bridgehead atoms. The molecule has 62 valence electrons. The largest absolute Gasteiger partial charge is 0.508 e. The van der Waals surface area contributed by atoms with Crippen molar-refractivity contribution in [1.82, 2.24) is 0 Å². The van der Waals surface area contributed by atoms with Crippen LogP contribution in [0.1, 0.15) is 12.0 Å². The molecule has 0 amide bonds. The summed E-state index contributed by atoms with van der Waals surface area (Å²) in [5.41, 5.74) is 0.688. The highest BCUT2D eigenvalue weighted by Gasteiger charge is 2.00. The van der Waals surface area contributed by atoms with Crippen LogP contribution in [0.2, 0.25) is 0 Å². The van der Waals surface area contributed by atoms with Gasteiger partial charge in [-0.05, 0) is 30.2 Å². The van der Waals surface area contributed by atoms with Gasteiger partial charge in [0.05, 0.1) is 0 Å². The normalized spacial score (nSPS) is 9.25. The van der Waals surface area contributed by atoms with Crippen molar-refractivity contribution in [2.75, 3.05) is 0 Å². The summed E-state index contributed by atoms with van der Waals surface area (Å²) in [6.45, 7) is 0. The van der Waals surface area contributed by atoms with Crippen LogP contribution in [0.25, 0.3) is 0 Å². The van der Waals surface area contributed by atoms with Crippen LogP contribution >= 0.6 is 0 Å². The van der Waals surface area contributed by atoms with Gasteiger partial charge in [-0.1, -0.05) is 0 Å². The highest BCUT2D eigenvalue weighted by molar-refractivity contribution is 5.38. The summed E-state index contributed by atoms with van der Waals surface area (Å²) in [7, 11) is 0. The summed E-state index contributed by atoms with van der Waals surface area (Å²) >= 11 is 0. The molecule has 0 heterocycles. The highest BCUT2D eigenvalue weighted by Crippen LogP contribution is 2.22.